The van der Waals surface area contributed by atoms with Crippen LogP contribution in [0.4, 0.5) is 5.69 Å². The van der Waals surface area contributed by atoms with Crippen molar-refractivity contribution in [2.75, 3.05) is 11.5 Å². The van der Waals surface area contributed by atoms with E-state index in [1.807, 2.05) is 30.0 Å². The molecule has 0 atom stereocenters. The first-order chi connectivity index (χ1) is 7.15. The summed E-state index contributed by atoms with van der Waals surface area (Å²) in [7, 11) is 0. The molecule has 0 spiro atoms. The number of rotatable bonds is 3. The fraction of sp³-hybridized carbons (Fsp3) is 0.364. The van der Waals surface area contributed by atoms with Crippen molar-refractivity contribution in [3.8, 4) is 0 Å². The van der Waals surface area contributed by atoms with Crippen molar-refractivity contribution in [2.45, 2.75) is 18.2 Å². The summed E-state index contributed by atoms with van der Waals surface area (Å²) in [4.78, 5) is 4.55. The highest BCUT2D eigenvalue weighted by Gasteiger charge is 2.05. The first kappa shape index (κ1) is 10.8. The molecule has 0 unspecified atom stereocenters. The zero-order valence-electron chi connectivity index (χ0n) is 8.86. The van der Waals surface area contributed by atoms with Crippen molar-refractivity contribution in [3.63, 3.8) is 0 Å². The van der Waals surface area contributed by atoms with Gasteiger partial charge in [-0.2, -0.15) is 0 Å². The Balaban J connectivity index is 2.23. The van der Waals surface area contributed by atoms with Gasteiger partial charge in [0.1, 0.15) is 0 Å². The van der Waals surface area contributed by atoms with E-state index in [0.717, 1.165) is 21.3 Å². The Kier molecular flexibility index (Phi) is 3.17. The fourth-order valence-corrected chi connectivity index (χ4v) is 3.31. The van der Waals surface area contributed by atoms with Gasteiger partial charge in [-0.25, -0.2) is 4.98 Å². The molecule has 0 amide bonds. The van der Waals surface area contributed by atoms with Crippen LogP contribution in [-0.4, -0.2) is 10.7 Å². The van der Waals surface area contributed by atoms with E-state index in [4.69, 9.17) is 5.73 Å². The molecule has 15 heavy (non-hydrogen) atoms. The van der Waals surface area contributed by atoms with Gasteiger partial charge in [0, 0.05) is 11.4 Å². The zero-order valence-corrected chi connectivity index (χ0v) is 10.5. The number of anilines is 1. The van der Waals surface area contributed by atoms with Crippen LogP contribution in [0.5, 0.6) is 0 Å². The third kappa shape index (κ3) is 2.63. The Bertz CT molecular complexity index is 463. The van der Waals surface area contributed by atoms with Gasteiger partial charge in [0.15, 0.2) is 4.34 Å². The predicted octanol–water partition coefficient (Wildman–Crippen LogP) is 3.63. The van der Waals surface area contributed by atoms with E-state index in [1.54, 1.807) is 11.3 Å². The van der Waals surface area contributed by atoms with Crippen molar-refractivity contribution in [2.24, 2.45) is 5.92 Å². The van der Waals surface area contributed by atoms with Crippen LogP contribution in [0.15, 0.2) is 22.5 Å². The van der Waals surface area contributed by atoms with E-state index in [-0.39, 0.29) is 0 Å². The molecule has 0 aliphatic carbocycles. The van der Waals surface area contributed by atoms with Crippen LogP contribution in [0, 0.1) is 5.92 Å². The number of aromatic nitrogens is 1. The lowest BCUT2D eigenvalue weighted by atomic mass is 10.3. The number of hydrogen-bond donors (Lipinski definition) is 1. The van der Waals surface area contributed by atoms with Gasteiger partial charge < -0.3 is 5.73 Å². The number of nitrogen functional groups attached to an aromatic ring is 1. The van der Waals surface area contributed by atoms with Gasteiger partial charge >= 0.3 is 0 Å². The van der Waals surface area contributed by atoms with Crippen LogP contribution in [0.25, 0.3) is 10.2 Å². The summed E-state index contributed by atoms with van der Waals surface area (Å²) in [6.07, 6.45) is 0. The number of thioether (sulfide) groups is 1. The van der Waals surface area contributed by atoms with E-state index in [9.17, 15) is 0 Å². The lowest BCUT2D eigenvalue weighted by Gasteiger charge is -1.99. The summed E-state index contributed by atoms with van der Waals surface area (Å²) < 4.78 is 2.32. The third-order valence-electron chi connectivity index (χ3n) is 1.93. The Morgan fingerprint density at radius 3 is 3.00 bits per heavy atom. The van der Waals surface area contributed by atoms with E-state index in [2.05, 4.69) is 18.8 Å². The van der Waals surface area contributed by atoms with Gasteiger partial charge in [-0.3, -0.25) is 0 Å². The van der Waals surface area contributed by atoms with Gasteiger partial charge in [0.05, 0.1) is 10.2 Å². The monoisotopic (exact) mass is 238 g/mol. The number of nitrogens with two attached hydrogens (primary N) is 1. The largest absolute Gasteiger partial charge is 0.399 e. The zero-order chi connectivity index (χ0) is 10.8. The maximum Gasteiger partial charge on any atom is 0.151 e. The number of hydrogen-bond acceptors (Lipinski definition) is 4. The smallest absolute Gasteiger partial charge is 0.151 e. The van der Waals surface area contributed by atoms with Crippen molar-refractivity contribution in [1.82, 2.24) is 4.98 Å². The first-order valence-corrected chi connectivity index (χ1v) is 6.74. The van der Waals surface area contributed by atoms with Crippen molar-refractivity contribution < 1.29 is 0 Å². The maximum absolute atomic E-state index is 5.73. The lowest BCUT2D eigenvalue weighted by Crippen LogP contribution is -1.89. The van der Waals surface area contributed by atoms with Crippen molar-refractivity contribution in [1.29, 1.82) is 0 Å². The molecule has 0 fully saturated rings. The minimum Gasteiger partial charge on any atom is -0.399 e. The Hall–Kier alpha value is -0.740. The minimum atomic E-state index is 0.701. The molecule has 0 saturated heterocycles. The summed E-state index contributed by atoms with van der Waals surface area (Å²) in [5.74, 6) is 1.82. The van der Waals surface area contributed by atoms with Crippen LogP contribution in [-0.2, 0) is 0 Å². The molecular weight excluding hydrogens is 224 g/mol. The topological polar surface area (TPSA) is 38.9 Å². The molecule has 1 heterocycles. The standard InChI is InChI=1S/C11H14N2S2/c1-7(2)6-14-11-13-9-4-3-8(12)5-10(9)15-11/h3-5,7H,6,12H2,1-2H3. The quantitative estimate of drug-likeness (QED) is 0.655. The molecule has 2 nitrogen and oxygen atoms in total. The number of benzene rings is 1. The molecule has 0 aliphatic heterocycles. The molecule has 80 valence electrons. The van der Waals surface area contributed by atoms with E-state index in [1.165, 1.54) is 4.70 Å². The van der Waals surface area contributed by atoms with E-state index < -0.39 is 0 Å². The second kappa shape index (κ2) is 4.41. The predicted molar refractivity (Wildman–Crippen MR) is 69.6 cm³/mol. The van der Waals surface area contributed by atoms with Crippen molar-refractivity contribution in [3.05, 3.63) is 18.2 Å². The first-order valence-electron chi connectivity index (χ1n) is 4.94. The highest BCUT2D eigenvalue weighted by molar-refractivity contribution is 8.01. The molecule has 2 aromatic rings. The van der Waals surface area contributed by atoms with Crippen LogP contribution < -0.4 is 5.73 Å². The highest BCUT2D eigenvalue weighted by Crippen LogP contribution is 2.31. The Morgan fingerprint density at radius 2 is 2.27 bits per heavy atom. The second-order valence-corrected chi connectivity index (χ2v) is 6.21. The summed E-state index contributed by atoms with van der Waals surface area (Å²) in [6, 6.07) is 5.88. The Morgan fingerprint density at radius 1 is 1.47 bits per heavy atom. The summed E-state index contributed by atoms with van der Waals surface area (Å²) >= 11 is 3.55. The van der Waals surface area contributed by atoms with Crippen LogP contribution in [0.2, 0.25) is 0 Å². The molecule has 0 bridgehead atoms. The average Bonchev–Trinajstić information content (AvgIpc) is 2.56. The third-order valence-corrected chi connectivity index (χ3v) is 4.52. The molecule has 0 aliphatic rings. The van der Waals surface area contributed by atoms with E-state index >= 15 is 0 Å². The number of fused-ring (bicyclic) bond motifs is 1. The molecule has 1 aromatic carbocycles. The van der Waals surface area contributed by atoms with Gasteiger partial charge in [-0.15, -0.1) is 11.3 Å². The molecule has 1 aromatic heterocycles. The number of nitrogens with zero attached hydrogens (tertiary/aromatic N) is 1. The molecule has 2 rings (SSSR count). The molecule has 0 saturated carbocycles. The second-order valence-electron chi connectivity index (χ2n) is 3.91. The van der Waals surface area contributed by atoms with Gasteiger partial charge in [-0.1, -0.05) is 25.6 Å². The lowest BCUT2D eigenvalue weighted by molar-refractivity contribution is 0.750. The number of thiazole rings is 1. The van der Waals surface area contributed by atoms with Crippen molar-refractivity contribution >= 4 is 39.0 Å². The average molecular weight is 238 g/mol. The Labute approximate surface area is 97.9 Å². The SMILES string of the molecule is CC(C)CSc1nc2ccc(N)cc2s1. The van der Waals surface area contributed by atoms with E-state index in [0.29, 0.717) is 5.92 Å². The van der Waals surface area contributed by atoms with Crippen LogP contribution in [0.3, 0.4) is 0 Å². The van der Waals surface area contributed by atoms with Gasteiger partial charge in [-0.05, 0) is 24.1 Å². The molecule has 4 heteroatoms. The summed E-state index contributed by atoms with van der Waals surface area (Å²) in [5, 5.41) is 0. The van der Waals surface area contributed by atoms with Crippen LogP contribution in [0.1, 0.15) is 13.8 Å². The van der Waals surface area contributed by atoms with Gasteiger partial charge in [0.25, 0.3) is 0 Å². The van der Waals surface area contributed by atoms with Gasteiger partial charge in [0.2, 0.25) is 0 Å². The fourth-order valence-electron chi connectivity index (χ4n) is 1.22. The maximum atomic E-state index is 5.73. The highest BCUT2D eigenvalue weighted by atomic mass is 32.2. The molecule has 2 N–H and O–H groups in total. The summed E-state index contributed by atoms with van der Waals surface area (Å²) in [5.41, 5.74) is 7.60. The normalized spacial score (nSPS) is 11.4. The minimum absolute atomic E-state index is 0.701. The summed E-state index contributed by atoms with van der Waals surface area (Å²) in [6.45, 7) is 4.44. The van der Waals surface area contributed by atoms with Crippen LogP contribution >= 0.6 is 23.1 Å². The molecule has 0 radical (unpaired) electrons. The molecular formula is C11H14N2S2.